The second kappa shape index (κ2) is 16.7. The molecule has 0 aliphatic rings. The molecule has 0 aliphatic heterocycles. The molecule has 0 aromatic carbocycles. The van der Waals surface area contributed by atoms with Gasteiger partial charge in [0.25, 0.3) is 0 Å². The van der Waals surface area contributed by atoms with Gasteiger partial charge in [-0.2, -0.15) is 0 Å². The Bertz CT molecular complexity index is 319. The number of allylic oxidation sites excluding steroid dienone is 6. The molecule has 0 heterocycles. The topological polar surface area (TPSA) is 43.1 Å². The van der Waals surface area contributed by atoms with E-state index in [9.17, 15) is 10.1 Å². The second-order valence-electron chi connectivity index (χ2n) is 5.29. The first-order valence-corrected chi connectivity index (χ1v) is 8.34. The minimum Gasteiger partial charge on any atom is -0.265 e. The number of hydrogen-bond acceptors (Lipinski definition) is 2. The van der Waals surface area contributed by atoms with Gasteiger partial charge in [-0.15, -0.1) is 0 Å². The summed E-state index contributed by atoms with van der Waals surface area (Å²) in [5.74, 6) is 0. The van der Waals surface area contributed by atoms with Crippen molar-refractivity contribution in [3.05, 3.63) is 46.6 Å². The van der Waals surface area contributed by atoms with E-state index in [4.69, 9.17) is 0 Å². The summed E-state index contributed by atoms with van der Waals surface area (Å²) in [5, 5.41) is 10.1. The maximum Gasteiger partial charge on any atom is 0.203 e. The van der Waals surface area contributed by atoms with Crippen molar-refractivity contribution in [1.82, 2.24) is 0 Å². The Morgan fingerprint density at radius 2 is 1.29 bits per heavy atom. The van der Waals surface area contributed by atoms with Gasteiger partial charge in [-0.3, -0.25) is 10.1 Å². The molecule has 0 spiro atoms. The summed E-state index contributed by atoms with van der Waals surface area (Å²) in [6.45, 7) is 2.34. The summed E-state index contributed by atoms with van der Waals surface area (Å²) in [4.78, 5) is 9.89. The average Bonchev–Trinajstić information content (AvgIpc) is 2.46. The molecule has 0 bridgehead atoms. The van der Waals surface area contributed by atoms with E-state index in [1.54, 1.807) is 0 Å². The zero-order valence-corrected chi connectivity index (χ0v) is 13.5. The third kappa shape index (κ3) is 18.6. The monoisotopic (exact) mass is 293 g/mol. The maximum atomic E-state index is 10.1. The van der Waals surface area contributed by atoms with Crippen LogP contribution in [0.4, 0.5) is 0 Å². The Morgan fingerprint density at radius 3 is 1.81 bits per heavy atom. The van der Waals surface area contributed by atoms with Crippen molar-refractivity contribution in [3.8, 4) is 0 Å². The summed E-state index contributed by atoms with van der Waals surface area (Å²) in [6, 6.07) is 0. The molecular weight excluding hydrogens is 262 g/mol. The molecule has 0 saturated carbocycles. The average molecular weight is 293 g/mol. The van der Waals surface area contributed by atoms with Crippen molar-refractivity contribution >= 4 is 0 Å². The molecule has 0 atom stereocenters. The summed E-state index contributed by atoms with van der Waals surface area (Å²) < 4.78 is 0. The first kappa shape index (κ1) is 19.6. The molecule has 0 fully saturated rings. The van der Waals surface area contributed by atoms with Gasteiger partial charge in [-0.25, -0.2) is 0 Å². The summed E-state index contributed by atoms with van der Waals surface area (Å²) in [7, 11) is 0. The molecule has 3 nitrogen and oxygen atoms in total. The van der Waals surface area contributed by atoms with Gasteiger partial charge in [0.1, 0.15) is 0 Å². The van der Waals surface area contributed by atoms with Crippen LogP contribution in [0, 0.1) is 10.1 Å². The maximum absolute atomic E-state index is 10.1. The third-order valence-electron chi connectivity index (χ3n) is 3.23. The minimum absolute atomic E-state index is 0.110. The van der Waals surface area contributed by atoms with Gasteiger partial charge in [0, 0.05) is 11.3 Å². The quantitative estimate of drug-likeness (QED) is 0.174. The van der Waals surface area contributed by atoms with E-state index < -0.39 is 0 Å². The standard InChI is InChI=1S/C18H31NO2/c1-2-3-4-5-6-7-8-9-10-11-12-13-14-15-16-17-18-19(20)21/h6-7,9-10,12-13H,2-5,8,11,14-18H2,1H3. The van der Waals surface area contributed by atoms with Crippen LogP contribution in [-0.4, -0.2) is 11.5 Å². The highest BCUT2D eigenvalue weighted by molar-refractivity contribution is 4.97. The largest absolute Gasteiger partial charge is 0.265 e. The molecule has 0 amide bonds. The summed E-state index contributed by atoms with van der Waals surface area (Å²) >= 11 is 0. The lowest BCUT2D eigenvalue weighted by Gasteiger charge is -1.93. The van der Waals surface area contributed by atoms with Gasteiger partial charge in [0.2, 0.25) is 6.54 Å². The van der Waals surface area contributed by atoms with E-state index in [-0.39, 0.29) is 11.5 Å². The van der Waals surface area contributed by atoms with Crippen molar-refractivity contribution in [1.29, 1.82) is 0 Å². The molecule has 0 aromatic rings. The van der Waals surface area contributed by atoms with Crippen LogP contribution in [-0.2, 0) is 0 Å². The lowest BCUT2D eigenvalue weighted by Crippen LogP contribution is -1.99. The van der Waals surface area contributed by atoms with Crippen LogP contribution < -0.4 is 0 Å². The van der Waals surface area contributed by atoms with E-state index in [2.05, 4.69) is 43.4 Å². The highest BCUT2D eigenvalue weighted by Crippen LogP contribution is 2.02. The Balaban J connectivity index is 3.30. The van der Waals surface area contributed by atoms with E-state index in [1.807, 2.05) is 0 Å². The van der Waals surface area contributed by atoms with Crippen LogP contribution >= 0.6 is 0 Å². The number of nitro groups is 1. The molecule has 120 valence electrons. The SMILES string of the molecule is CCCCCC=CCC=CCC=CCCCCC[N+](=O)[O-]. The molecule has 21 heavy (non-hydrogen) atoms. The second-order valence-corrected chi connectivity index (χ2v) is 5.29. The zero-order valence-electron chi connectivity index (χ0n) is 13.5. The zero-order chi connectivity index (χ0) is 15.6. The molecule has 0 aromatic heterocycles. The molecule has 0 radical (unpaired) electrons. The van der Waals surface area contributed by atoms with E-state index in [1.165, 1.54) is 25.7 Å². The number of rotatable bonds is 14. The number of unbranched alkanes of at least 4 members (excludes halogenated alkanes) is 6. The van der Waals surface area contributed by atoms with Crippen molar-refractivity contribution in [2.45, 2.75) is 71.1 Å². The number of hydrogen-bond donors (Lipinski definition) is 0. The van der Waals surface area contributed by atoms with Crippen LogP contribution in [0.3, 0.4) is 0 Å². The van der Waals surface area contributed by atoms with Crippen molar-refractivity contribution in [2.75, 3.05) is 6.54 Å². The summed E-state index contributed by atoms with van der Waals surface area (Å²) in [6.07, 6.45) is 24.1. The fourth-order valence-electron chi connectivity index (χ4n) is 1.97. The number of nitrogens with zero attached hydrogens (tertiary/aromatic N) is 1. The van der Waals surface area contributed by atoms with Gasteiger partial charge in [-0.05, 0) is 44.9 Å². The molecular formula is C18H31NO2. The molecule has 0 saturated heterocycles. The van der Waals surface area contributed by atoms with E-state index >= 15 is 0 Å². The normalized spacial score (nSPS) is 12.0. The fraction of sp³-hybridized carbons (Fsp3) is 0.667. The Hall–Kier alpha value is -1.38. The molecule has 0 unspecified atom stereocenters. The highest BCUT2D eigenvalue weighted by Gasteiger charge is 1.94. The summed E-state index contributed by atoms with van der Waals surface area (Å²) in [5.41, 5.74) is 0. The lowest BCUT2D eigenvalue weighted by molar-refractivity contribution is -0.480. The van der Waals surface area contributed by atoms with Crippen LogP contribution in [0.15, 0.2) is 36.5 Å². The van der Waals surface area contributed by atoms with Crippen molar-refractivity contribution in [2.24, 2.45) is 0 Å². The third-order valence-corrected chi connectivity index (χ3v) is 3.23. The van der Waals surface area contributed by atoms with Crippen LogP contribution in [0.25, 0.3) is 0 Å². The first-order valence-electron chi connectivity index (χ1n) is 8.34. The first-order chi connectivity index (χ1) is 10.3. The molecule has 0 rings (SSSR count). The Labute approximate surface area is 130 Å². The van der Waals surface area contributed by atoms with Gasteiger partial charge in [0.15, 0.2) is 0 Å². The Morgan fingerprint density at radius 1 is 0.762 bits per heavy atom. The van der Waals surface area contributed by atoms with Gasteiger partial charge < -0.3 is 0 Å². The van der Waals surface area contributed by atoms with Crippen LogP contribution in [0.1, 0.15) is 71.1 Å². The lowest BCUT2D eigenvalue weighted by atomic mass is 10.2. The highest BCUT2D eigenvalue weighted by atomic mass is 16.6. The van der Waals surface area contributed by atoms with E-state index in [0.29, 0.717) is 6.42 Å². The molecule has 0 aliphatic carbocycles. The van der Waals surface area contributed by atoms with E-state index in [0.717, 1.165) is 32.1 Å². The predicted octanol–water partition coefficient (Wildman–Crippen LogP) is 5.85. The smallest absolute Gasteiger partial charge is 0.203 e. The van der Waals surface area contributed by atoms with Gasteiger partial charge >= 0.3 is 0 Å². The Kier molecular flexibility index (Phi) is 15.6. The van der Waals surface area contributed by atoms with Crippen LogP contribution in [0.5, 0.6) is 0 Å². The fourth-order valence-corrected chi connectivity index (χ4v) is 1.97. The van der Waals surface area contributed by atoms with Crippen LogP contribution in [0.2, 0.25) is 0 Å². The van der Waals surface area contributed by atoms with Gasteiger partial charge in [0.05, 0.1) is 0 Å². The molecule has 3 heteroatoms. The van der Waals surface area contributed by atoms with Crippen molar-refractivity contribution < 1.29 is 4.92 Å². The van der Waals surface area contributed by atoms with Crippen molar-refractivity contribution in [3.63, 3.8) is 0 Å². The predicted molar refractivity (Wildman–Crippen MR) is 91.1 cm³/mol. The molecule has 0 N–H and O–H groups in total. The minimum atomic E-state index is -0.237. The van der Waals surface area contributed by atoms with Gasteiger partial charge in [-0.1, -0.05) is 56.2 Å².